The lowest BCUT2D eigenvalue weighted by atomic mass is 9.88. The number of pyridine rings is 1. The number of carboxylic acid groups (broad SMARTS) is 3. The molecule has 22 nitrogen and oxygen atoms in total. The van der Waals surface area contributed by atoms with Crippen LogP contribution in [0.2, 0.25) is 0 Å². The molecule has 1 unspecified atom stereocenters. The number of anilines is 2. The molecule has 2 aliphatic heterocycles. The number of ether oxygens (including phenoxy) is 1. The standard InChI is InChI=1S/C44H56F2N10O12/c1-53(22-35(59)60)43(25-54(23-36(61)62)15-16-55(26-43)24-37(63)64)10-3-2-6-33(57)49-13-14-51-39-38(40(65)41(39)66)50-11-4-5-17-68-29-7-8-32-31(18-29)30(9-12-48-32)42(67)52-21-34(58)56-27-44(45,46)19-28(56)20-47/h7-9,12,18,28,50-51H,2-6,10-11,13-17,19,21-27H2,1H3,(H,49,57)(H,52,67)(H,59,60)(H,61,62)(H,63,64). The molecule has 2 aliphatic rings. The van der Waals surface area contributed by atoms with Crippen LogP contribution in [-0.2, 0) is 24.0 Å². The summed E-state index contributed by atoms with van der Waals surface area (Å²) >= 11 is 0. The zero-order chi connectivity index (χ0) is 49.6. The number of hydrogen-bond acceptors (Lipinski definition) is 16. The van der Waals surface area contributed by atoms with Gasteiger partial charge < -0.3 is 46.2 Å². The normalized spacial score (nSPS) is 17.0. The Morgan fingerprint density at radius 3 is 2.16 bits per heavy atom. The number of carboxylic acids is 3. The molecule has 0 bridgehead atoms. The van der Waals surface area contributed by atoms with E-state index >= 15 is 0 Å². The number of nitrogens with one attached hydrogen (secondary N) is 4. The summed E-state index contributed by atoms with van der Waals surface area (Å²) in [6, 6.07) is 6.76. The predicted molar refractivity (Wildman–Crippen MR) is 240 cm³/mol. The van der Waals surface area contributed by atoms with Crippen LogP contribution in [0.5, 0.6) is 5.75 Å². The topological polar surface area (TPSA) is 304 Å². The molecule has 0 spiro atoms. The van der Waals surface area contributed by atoms with E-state index < -0.39 is 77.6 Å². The average Bonchev–Trinajstić information content (AvgIpc) is 3.51. The van der Waals surface area contributed by atoms with Crippen LogP contribution in [0.1, 0.15) is 55.3 Å². The number of amides is 3. The number of likely N-dealkylation sites (tertiary alicyclic amines) is 1. The summed E-state index contributed by atoms with van der Waals surface area (Å²) in [5.74, 6) is -7.74. The van der Waals surface area contributed by atoms with Crippen molar-refractivity contribution in [3.63, 3.8) is 0 Å². The number of fused-ring (bicyclic) bond motifs is 1. The first-order valence-corrected chi connectivity index (χ1v) is 22.1. The van der Waals surface area contributed by atoms with Crippen LogP contribution in [0.15, 0.2) is 40.1 Å². The van der Waals surface area contributed by atoms with Crippen LogP contribution in [0, 0.1) is 11.3 Å². The van der Waals surface area contributed by atoms with Gasteiger partial charge in [0.15, 0.2) is 0 Å². The smallest absolute Gasteiger partial charge is 0.317 e. The number of alkyl halides is 2. The van der Waals surface area contributed by atoms with E-state index in [1.165, 1.54) is 12.3 Å². The zero-order valence-electron chi connectivity index (χ0n) is 37.6. The first-order chi connectivity index (χ1) is 32.3. The van der Waals surface area contributed by atoms with Crippen molar-refractivity contribution in [2.75, 3.05) is 103 Å². The molecular formula is C44H56F2N10O12. The van der Waals surface area contributed by atoms with E-state index in [4.69, 9.17) is 4.74 Å². The Kier molecular flexibility index (Phi) is 18.2. The van der Waals surface area contributed by atoms with Crippen LogP contribution in [0.4, 0.5) is 20.2 Å². The van der Waals surface area contributed by atoms with E-state index in [1.807, 2.05) is 0 Å². The van der Waals surface area contributed by atoms with Crippen molar-refractivity contribution < 1.29 is 57.6 Å². The number of benzene rings is 1. The van der Waals surface area contributed by atoms with Gasteiger partial charge in [-0.25, -0.2) is 8.78 Å². The number of aromatic nitrogens is 1. The number of nitriles is 1. The highest BCUT2D eigenvalue weighted by atomic mass is 19.3. The average molecular weight is 955 g/mol. The van der Waals surface area contributed by atoms with Crippen molar-refractivity contribution in [3.8, 4) is 11.8 Å². The second kappa shape index (κ2) is 23.7. The van der Waals surface area contributed by atoms with Gasteiger partial charge in [-0.3, -0.25) is 58.0 Å². The predicted octanol–water partition coefficient (Wildman–Crippen LogP) is 0.222. The van der Waals surface area contributed by atoms with E-state index in [0.29, 0.717) is 55.3 Å². The fourth-order valence-electron chi connectivity index (χ4n) is 8.47. The Morgan fingerprint density at radius 1 is 0.868 bits per heavy atom. The summed E-state index contributed by atoms with van der Waals surface area (Å²) in [6.07, 6.45) is 3.06. The van der Waals surface area contributed by atoms with Gasteiger partial charge in [-0.15, -0.1) is 0 Å². The van der Waals surface area contributed by atoms with E-state index in [1.54, 1.807) is 46.0 Å². The Balaban J connectivity index is 1.02. The van der Waals surface area contributed by atoms with Crippen molar-refractivity contribution in [1.82, 2.24) is 35.2 Å². The minimum Gasteiger partial charge on any atom is -0.494 e. The molecular weight excluding hydrogens is 899 g/mol. The van der Waals surface area contributed by atoms with Gasteiger partial charge in [0.05, 0.1) is 56.5 Å². The maximum atomic E-state index is 13.8. The Hall–Kier alpha value is -6.84. The van der Waals surface area contributed by atoms with Gasteiger partial charge in [0.2, 0.25) is 11.8 Å². The Bertz CT molecular complexity index is 2420. The number of unbranched alkanes of at least 4 members (excludes halogenated alkanes) is 2. The van der Waals surface area contributed by atoms with Gasteiger partial charge in [0.25, 0.3) is 22.7 Å². The lowest BCUT2D eigenvalue weighted by Gasteiger charge is -2.44. The SMILES string of the molecule is CN(CC(=O)O)C1(CCCCC(=O)NCCNc2c(NCCCCOc3ccc4nccc(C(=O)NCC(=O)N5CC(F)(F)CC5C#N)c4c3)c(=O)c2=O)CN(CC(=O)O)CCN(CC(=O)O)C1. The van der Waals surface area contributed by atoms with Crippen molar-refractivity contribution in [1.29, 1.82) is 5.26 Å². The molecule has 24 heteroatoms. The molecule has 1 atom stereocenters. The summed E-state index contributed by atoms with van der Waals surface area (Å²) < 4.78 is 33.5. The lowest BCUT2D eigenvalue weighted by molar-refractivity contribution is -0.142. The number of hydrogen-bond donors (Lipinski definition) is 7. The zero-order valence-corrected chi connectivity index (χ0v) is 37.6. The van der Waals surface area contributed by atoms with E-state index in [0.717, 1.165) is 4.90 Å². The molecule has 368 valence electrons. The van der Waals surface area contributed by atoms with Gasteiger partial charge in [-0.2, -0.15) is 5.26 Å². The quantitative estimate of drug-likeness (QED) is 0.0418. The van der Waals surface area contributed by atoms with Crippen LogP contribution >= 0.6 is 0 Å². The Morgan fingerprint density at radius 2 is 1.53 bits per heavy atom. The third-order valence-electron chi connectivity index (χ3n) is 11.9. The number of aliphatic carboxylic acids is 3. The third kappa shape index (κ3) is 14.3. The largest absolute Gasteiger partial charge is 0.494 e. The molecule has 7 N–H and O–H groups in total. The van der Waals surface area contributed by atoms with E-state index in [2.05, 4.69) is 26.3 Å². The van der Waals surface area contributed by atoms with Crippen LogP contribution in [0.3, 0.4) is 0 Å². The van der Waals surface area contributed by atoms with E-state index in [9.17, 15) is 67.7 Å². The van der Waals surface area contributed by atoms with Gasteiger partial charge in [0, 0.05) is 75.8 Å². The molecule has 5 rings (SSSR count). The summed E-state index contributed by atoms with van der Waals surface area (Å²) in [7, 11) is 1.61. The monoisotopic (exact) mass is 954 g/mol. The summed E-state index contributed by atoms with van der Waals surface area (Å²) in [5.41, 5.74) is -1.42. The van der Waals surface area contributed by atoms with Crippen molar-refractivity contribution >= 4 is 57.9 Å². The molecule has 3 aromatic rings. The molecule has 3 amide bonds. The number of rotatable bonds is 26. The number of carbonyl (C=O) groups excluding carboxylic acids is 3. The number of likely N-dealkylation sites (N-methyl/N-ethyl adjacent to an activating group) is 1. The number of nitrogens with zero attached hydrogens (tertiary/aromatic N) is 6. The molecule has 0 saturated carbocycles. The molecule has 0 aliphatic carbocycles. The maximum Gasteiger partial charge on any atom is 0.317 e. The second-order valence-electron chi connectivity index (χ2n) is 17.0. The second-order valence-corrected chi connectivity index (χ2v) is 17.0. The molecule has 2 aromatic carbocycles. The maximum absolute atomic E-state index is 13.8. The molecule has 1 aromatic heterocycles. The van der Waals surface area contributed by atoms with Crippen LogP contribution in [-0.4, -0.2) is 185 Å². The minimum absolute atomic E-state index is 0.103. The first kappa shape index (κ1) is 52.1. The summed E-state index contributed by atoms with van der Waals surface area (Å²) in [6.45, 7) is -0.640. The van der Waals surface area contributed by atoms with Crippen molar-refractivity contribution in [2.45, 2.75) is 62.4 Å². The number of carbonyl (C=O) groups is 6. The van der Waals surface area contributed by atoms with Gasteiger partial charge >= 0.3 is 17.9 Å². The van der Waals surface area contributed by atoms with Gasteiger partial charge in [-0.05, 0) is 57.0 Å². The minimum atomic E-state index is -3.19. The molecule has 0 radical (unpaired) electrons. The first-order valence-electron chi connectivity index (χ1n) is 22.1. The van der Waals surface area contributed by atoms with E-state index in [-0.39, 0.29) is 94.8 Å². The highest BCUT2D eigenvalue weighted by Gasteiger charge is 2.47. The highest BCUT2D eigenvalue weighted by molar-refractivity contribution is 6.07. The highest BCUT2D eigenvalue weighted by Crippen LogP contribution is 2.32. The molecule has 3 heterocycles. The van der Waals surface area contributed by atoms with Crippen molar-refractivity contribution in [2.24, 2.45) is 0 Å². The van der Waals surface area contributed by atoms with Gasteiger partial charge in [0.1, 0.15) is 23.2 Å². The fourth-order valence-corrected chi connectivity index (χ4v) is 8.47. The van der Waals surface area contributed by atoms with Gasteiger partial charge in [-0.1, -0.05) is 6.42 Å². The summed E-state index contributed by atoms with van der Waals surface area (Å²) in [4.78, 5) is 108. The Labute approximate surface area is 388 Å². The van der Waals surface area contributed by atoms with Crippen LogP contribution in [0.25, 0.3) is 10.9 Å². The third-order valence-corrected chi connectivity index (χ3v) is 11.9. The lowest BCUT2D eigenvalue weighted by Crippen LogP contribution is -2.59. The number of halogens is 2. The fraction of sp³-hybridized carbons (Fsp3) is 0.545. The van der Waals surface area contributed by atoms with Crippen molar-refractivity contribution in [3.05, 3.63) is 56.5 Å². The molecule has 2 saturated heterocycles. The summed E-state index contributed by atoms with van der Waals surface area (Å²) in [5, 5.41) is 49.2. The molecule has 2 fully saturated rings. The molecule has 68 heavy (non-hydrogen) atoms. The van der Waals surface area contributed by atoms with Crippen LogP contribution < -0.4 is 36.9 Å².